The van der Waals surface area contributed by atoms with Crippen molar-refractivity contribution in [2.45, 2.75) is 73.8 Å². The van der Waals surface area contributed by atoms with Crippen molar-refractivity contribution in [3.8, 4) is 0 Å². The van der Waals surface area contributed by atoms with Gasteiger partial charge in [0.05, 0.1) is 17.4 Å². The molecular weight excluding hydrogens is 372 g/mol. The van der Waals surface area contributed by atoms with Crippen LogP contribution in [0.1, 0.15) is 67.7 Å². The Hall–Kier alpha value is -1.40. The number of rotatable bonds is 9. The molecule has 0 unspecified atom stereocenters. The van der Waals surface area contributed by atoms with E-state index in [-0.39, 0.29) is 37.9 Å². The molecule has 0 radical (unpaired) electrons. The summed E-state index contributed by atoms with van der Waals surface area (Å²) in [6.07, 6.45) is 6.62. The van der Waals surface area contributed by atoms with E-state index in [0.29, 0.717) is 0 Å². The number of esters is 2. The van der Waals surface area contributed by atoms with E-state index in [4.69, 9.17) is 18.9 Å². The highest BCUT2D eigenvalue weighted by Crippen LogP contribution is 2.42. The second-order valence-electron chi connectivity index (χ2n) is 10.1. The van der Waals surface area contributed by atoms with Crippen LogP contribution in [0, 0.1) is 22.2 Å². The minimum absolute atomic E-state index is 0.102. The predicted octanol–water partition coefficient (Wildman–Crippen LogP) is 4.52. The molecule has 0 N–H and O–H groups in total. The van der Waals surface area contributed by atoms with Crippen LogP contribution in [-0.4, -0.2) is 45.2 Å². The molecule has 1 aliphatic carbocycles. The van der Waals surface area contributed by atoms with Crippen LogP contribution in [0.5, 0.6) is 0 Å². The Morgan fingerprint density at radius 1 is 1.07 bits per heavy atom. The van der Waals surface area contributed by atoms with Gasteiger partial charge in [-0.2, -0.15) is 0 Å². The summed E-state index contributed by atoms with van der Waals surface area (Å²) in [6.45, 7) is 13.7. The topological polar surface area (TPSA) is 71.1 Å². The number of hydrogen-bond acceptors (Lipinski definition) is 6. The lowest BCUT2D eigenvalue weighted by atomic mass is 9.68. The van der Waals surface area contributed by atoms with Crippen LogP contribution in [-0.2, 0) is 28.5 Å². The fraction of sp³-hybridized carbons (Fsp3) is 0.826. The second kappa shape index (κ2) is 10.6. The highest BCUT2D eigenvalue weighted by molar-refractivity contribution is 5.76. The van der Waals surface area contributed by atoms with Gasteiger partial charge in [-0.1, -0.05) is 19.1 Å². The summed E-state index contributed by atoms with van der Waals surface area (Å²) < 4.78 is 22.2. The zero-order valence-electron chi connectivity index (χ0n) is 19.5. The lowest BCUT2D eigenvalue weighted by Gasteiger charge is -2.42. The molecule has 6 heteroatoms. The fourth-order valence-electron chi connectivity index (χ4n) is 3.21. The minimum Gasteiger partial charge on any atom is -0.464 e. The van der Waals surface area contributed by atoms with Crippen LogP contribution in [0.4, 0.5) is 0 Å². The Balaban J connectivity index is 3.07. The van der Waals surface area contributed by atoms with E-state index >= 15 is 0 Å². The van der Waals surface area contributed by atoms with E-state index in [0.717, 1.165) is 19.3 Å². The monoisotopic (exact) mass is 412 g/mol. The average molecular weight is 413 g/mol. The quantitative estimate of drug-likeness (QED) is 0.240. The third kappa shape index (κ3) is 7.74. The maximum absolute atomic E-state index is 12.6. The normalized spacial score (nSPS) is 22.1. The summed E-state index contributed by atoms with van der Waals surface area (Å²) in [6, 6.07) is 0. The molecule has 0 saturated heterocycles. The maximum atomic E-state index is 12.6. The van der Waals surface area contributed by atoms with Gasteiger partial charge in [0, 0.05) is 18.4 Å². The van der Waals surface area contributed by atoms with Crippen LogP contribution < -0.4 is 0 Å². The Kier molecular flexibility index (Phi) is 9.35. The number of carbonyl (C=O) groups excluding carboxylic acids is 2. The van der Waals surface area contributed by atoms with Gasteiger partial charge in [-0.05, 0) is 60.8 Å². The highest BCUT2D eigenvalue weighted by atomic mass is 16.7. The van der Waals surface area contributed by atoms with E-state index < -0.39 is 22.3 Å². The fourth-order valence-corrected chi connectivity index (χ4v) is 3.21. The average Bonchev–Trinajstić information content (AvgIpc) is 2.64. The zero-order valence-corrected chi connectivity index (χ0v) is 19.5. The maximum Gasteiger partial charge on any atom is 0.311 e. The molecule has 6 nitrogen and oxygen atoms in total. The van der Waals surface area contributed by atoms with Gasteiger partial charge in [0.2, 0.25) is 0 Å². The van der Waals surface area contributed by atoms with E-state index in [1.165, 1.54) is 0 Å². The molecule has 0 fully saturated rings. The number of hydrogen-bond donors (Lipinski definition) is 0. The van der Waals surface area contributed by atoms with E-state index in [2.05, 4.69) is 12.2 Å². The zero-order chi connectivity index (χ0) is 22.3. The van der Waals surface area contributed by atoms with Crippen molar-refractivity contribution < 1.29 is 28.5 Å². The lowest BCUT2D eigenvalue weighted by molar-refractivity contribution is -0.175. The standard InChI is InChI=1S/C23H40O6/c1-17(18(14-27-16-26-8)29-20(25)22(5,6)7)23(12-10-9-11-13-23)15-28-19(24)21(2,3)4/h10,12,17-18H,9,11,13-16H2,1-8H3/t17-,18+,23-/m1/s1. The van der Waals surface area contributed by atoms with Crippen LogP contribution in [0.2, 0.25) is 0 Å². The molecule has 0 saturated carbocycles. The molecule has 1 aliphatic rings. The van der Waals surface area contributed by atoms with Crippen LogP contribution >= 0.6 is 0 Å². The molecule has 0 spiro atoms. The largest absolute Gasteiger partial charge is 0.464 e. The molecular formula is C23H40O6. The van der Waals surface area contributed by atoms with Crippen molar-refractivity contribution in [3.63, 3.8) is 0 Å². The number of ether oxygens (including phenoxy) is 4. The van der Waals surface area contributed by atoms with Gasteiger partial charge in [-0.15, -0.1) is 0 Å². The molecule has 0 bridgehead atoms. The summed E-state index contributed by atoms with van der Waals surface area (Å²) in [5.41, 5.74) is -1.59. The van der Waals surface area contributed by atoms with Gasteiger partial charge >= 0.3 is 11.9 Å². The van der Waals surface area contributed by atoms with Crippen molar-refractivity contribution in [1.29, 1.82) is 0 Å². The first kappa shape index (κ1) is 25.6. The summed E-state index contributed by atoms with van der Waals surface area (Å²) in [7, 11) is 1.55. The first-order chi connectivity index (χ1) is 13.3. The van der Waals surface area contributed by atoms with Gasteiger partial charge in [-0.3, -0.25) is 9.59 Å². The number of carbonyl (C=O) groups is 2. The first-order valence-corrected chi connectivity index (χ1v) is 10.5. The molecule has 168 valence electrons. The molecule has 0 aliphatic heterocycles. The Bertz CT molecular complexity index is 569. The van der Waals surface area contributed by atoms with Crippen LogP contribution in [0.25, 0.3) is 0 Å². The Morgan fingerprint density at radius 3 is 2.17 bits per heavy atom. The SMILES string of the molecule is COCOC[C@H](OC(=O)C(C)(C)C)[C@@H](C)[C@]1(COC(=O)C(C)(C)C)C=CCCC1. The molecule has 0 aromatic heterocycles. The number of methoxy groups -OCH3 is 1. The Morgan fingerprint density at radius 2 is 1.69 bits per heavy atom. The molecule has 3 atom stereocenters. The third-order valence-electron chi connectivity index (χ3n) is 5.37. The predicted molar refractivity (Wildman–Crippen MR) is 112 cm³/mol. The van der Waals surface area contributed by atoms with Crippen LogP contribution in [0.15, 0.2) is 12.2 Å². The smallest absolute Gasteiger partial charge is 0.311 e. The lowest BCUT2D eigenvalue weighted by Crippen LogP contribution is -2.45. The molecule has 0 heterocycles. The van der Waals surface area contributed by atoms with Crippen molar-refractivity contribution in [2.24, 2.45) is 22.2 Å². The molecule has 0 aromatic rings. The molecule has 29 heavy (non-hydrogen) atoms. The van der Waals surface area contributed by atoms with E-state index in [9.17, 15) is 9.59 Å². The highest BCUT2D eigenvalue weighted by Gasteiger charge is 2.43. The van der Waals surface area contributed by atoms with Crippen molar-refractivity contribution in [3.05, 3.63) is 12.2 Å². The van der Waals surface area contributed by atoms with Gasteiger partial charge in [0.1, 0.15) is 19.5 Å². The van der Waals surface area contributed by atoms with Crippen LogP contribution in [0.3, 0.4) is 0 Å². The summed E-state index contributed by atoms with van der Waals surface area (Å²) >= 11 is 0. The van der Waals surface area contributed by atoms with Crippen molar-refractivity contribution in [1.82, 2.24) is 0 Å². The van der Waals surface area contributed by atoms with Gasteiger partial charge < -0.3 is 18.9 Å². The van der Waals surface area contributed by atoms with Crippen molar-refractivity contribution >= 4 is 11.9 Å². The van der Waals surface area contributed by atoms with Gasteiger partial charge in [0.15, 0.2) is 0 Å². The second-order valence-corrected chi connectivity index (χ2v) is 10.1. The van der Waals surface area contributed by atoms with Gasteiger partial charge in [0.25, 0.3) is 0 Å². The molecule has 1 rings (SSSR count). The van der Waals surface area contributed by atoms with E-state index in [1.54, 1.807) is 7.11 Å². The number of allylic oxidation sites excluding steroid dienone is 1. The van der Waals surface area contributed by atoms with E-state index in [1.807, 2.05) is 48.5 Å². The summed E-state index contributed by atoms with van der Waals surface area (Å²) in [4.78, 5) is 25.0. The Labute approximate surface area is 176 Å². The summed E-state index contributed by atoms with van der Waals surface area (Å²) in [5.74, 6) is -0.617. The van der Waals surface area contributed by atoms with Crippen molar-refractivity contribution in [2.75, 3.05) is 27.1 Å². The van der Waals surface area contributed by atoms with Gasteiger partial charge in [-0.25, -0.2) is 0 Å². The first-order valence-electron chi connectivity index (χ1n) is 10.5. The molecule has 0 aromatic carbocycles. The third-order valence-corrected chi connectivity index (χ3v) is 5.37. The summed E-state index contributed by atoms with van der Waals surface area (Å²) in [5, 5.41) is 0. The minimum atomic E-state index is -0.618. The molecule has 0 amide bonds.